The molecule has 0 aliphatic heterocycles. The van der Waals surface area contributed by atoms with Crippen LogP contribution >= 0.6 is 0 Å². The Labute approximate surface area is 150 Å². The summed E-state index contributed by atoms with van der Waals surface area (Å²) < 4.78 is 25.5. The van der Waals surface area contributed by atoms with Crippen molar-refractivity contribution in [2.24, 2.45) is 0 Å². The molecule has 7 heteroatoms. The zero-order valence-electron chi connectivity index (χ0n) is 15.5. The maximum atomic E-state index is 12.4. The van der Waals surface area contributed by atoms with Crippen molar-refractivity contribution in [3.05, 3.63) is 29.8 Å². The van der Waals surface area contributed by atoms with Gasteiger partial charge in [0.15, 0.2) is 5.78 Å². The van der Waals surface area contributed by atoms with Crippen LogP contribution in [0.4, 0.5) is 5.69 Å². The van der Waals surface area contributed by atoms with Crippen molar-refractivity contribution in [2.45, 2.75) is 40.0 Å². The highest BCUT2D eigenvalue weighted by Gasteiger charge is 2.20. The molecular weight excluding hydrogens is 340 g/mol. The fourth-order valence-electron chi connectivity index (χ4n) is 2.61. The van der Waals surface area contributed by atoms with Crippen LogP contribution in [-0.4, -0.2) is 50.9 Å². The number of amides is 1. The lowest BCUT2D eigenvalue weighted by Crippen LogP contribution is -2.37. The predicted molar refractivity (Wildman–Crippen MR) is 100 cm³/mol. The molecule has 0 fully saturated rings. The monoisotopic (exact) mass is 368 g/mol. The minimum atomic E-state index is -3.52. The predicted octanol–water partition coefficient (Wildman–Crippen LogP) is 2.69. The van der Waals surface area contributed by atoms with Crippen LogP contribution in [0.2, 0.25) is 0 Å². The van der Waals surface area contributed by atoms with Crippen LogP contribution in [0.1, 0.15) is 50.4 Å². The van der Waals surface area contributed by atoms with E-state index in [1.807, 2.05) is 13.8 Å². The summed E-state index contributed by atoms with van der Waals surface area (Å²) in [5, 5.41) is 0. The molecule has 1 aromatic rings. The number of rotatable bonds is 10. The highest BCUT2D eigenvalue weighted by atomic mass is 32.2. The van der Waals surface area contributed by atoms with Crippen LogP contribution in [0, 0.1) is 0 Å². The molecule has 0 saturated heterocycles. The Morgan fingerprint density at radius 2 is 1.48 bits per heavy atom. The van der Waals surface area contributed by atoms with E-state index in [9.17, 15) is 18.0 Å². The normalized spacial score (nSPS) is 11.2. The zero-order chi connectivity index (χ0) is 19.0. The molecule has 1 amide bonds. The summed E-state index contributed by atoms with van der Waals surface area (Å²) >= 11 is 0. The van der Waals surface area contributed by atoms with Crippen LogP contribution < -0.4 is 4.31 Å². The topological polar surface area (TPSA) is 74.8 Å². The van der Waals surface area contributed by atoms with Crippen LogP contribution in [0.3, 0.4) is 0 Å². The molecule has 0 atom stereocenters. The van der Waals surface area contributed by atoms with Crippen molar-refractivity contribution in [2.75, 3.05) is 30.2 Å². The van der Waals surface area contributed by atoms with Gasteiger partial charge in [0, 0.05) is 31.6 Å². The second-order valence-corrected chi connectivity index (χ2v) is 7.98. The molecule has 6 nitrogen and oxygen atoms in total. The number of ketones is 1. The molecule has 25 heavy (non-hydrogen) atoms. The van der Waals surface area contributed by atoms with Crippen LogP contribution in [0.15, 0.2) is 24.3 Å². The van der Waals surface area contributed by atoms with Gasteiger partial charge in [-0.3, -0.25) is 13.9 Å². The molecular formula is C18H28N2O4S. The Hall–Kier alpha value is -1.89. The van der Waals surface area contributed by atoms with Gasteiger partial charge >= 0.3 is 0 Å². The van der Waals surface area contributed by atoms with E-state index in [2.05, 4.69) is 0 Å². The average molecular weight is 368 g/mol. The van der Waals surface area contributed by atoms with Crippen molar-refractivity contribution < 1.29 is 18.0 Å². The highest BCUT2D eigenvalue weighted by molar-refractivity contribution is 7.92. The van der Waals surface area contributed by atoms with Gasteiger partial charge in [-0.05, 0) is 44.0 Å². The first-order valence-corrected chi connectivity index (χ1v) is 10.4. The largest absolute Gasteiger partial charge is 0.343 e. The minimum Gasteiger partial charge on any atom is -0.343 e. The molecule has 0 N–H and O–H groups in total. The number of hydrogen-bond donors (Lipinski definition) is 0. The number of carbonyl (C=O) groups excluding carboxylic acids is 2. The summed E-state index contributed by atoms with van der Waals surface area (Å²) in [4.78, 5) is 25.5. The fraction of sp³-hybridized carbons (Fsp3) is 0.556. The Morgan fingerprint density at radius 3 is 1.88 bits per heavy atom. The Kier molecular flexibility index (Phi) is 8.09. The fourth-order valence-corrected chi connectivity index (χ4v) is 3.53. The van der Waals surface area contributed by atoms with E-state index in [0.717, 1.165) is 19.1 Å². The van der Waals surface area contributed by atoms with Gasteiger partial charge in [0.1, 0.15) is 0 Å². The summed E-state index contributed by atoms with van der Waals surface area (Å²) in [5.41, 5.74) is 0.975. The maximum absolute atomic E-state index is 12.4. The maximum Gasteiger partial charge on any atom is 0.232 e. The second-order valence-electron chi connectivity index (χ2n) is 6.07. The Morgan fingerprint density at radius 1 is 0.960 bits per heavy atom. The van der Waals surface area contributed by atoms with Gasteiger partial charge in [-0.1, -0.05) is 13.8 Å². The molecule has 1 aromatic carbocycles. The summed E-state index contributed by atoms with van der Waals surface area (Å²) in [5.74, 6) is -0.125. The van der Waals surface area contributed by atoms with E-state index < -0.39 is 10.0 Å². The number of benzene rings is 1. The lowest BCUT2D eigenvalue weighted by Gasteiger charge is -2.25. The Balaban J connectivity index is 2.90. The third-order valence-corrected chi connectivity index (χ3v) is 5.02. The minimum absolute atomic E-state index is 0.0438. The van der Waals surface area contributed by atoms with Gasteiger partial charge < -0.3 is 4.90 Å². The summed E-state index contributed by atoms with van der Waals surface area (Å²) in [7, 11) is -3.52. The van der Waals surface area contributed by atoms with Crippen LogP contribution in [0.5, 0.6) is 0 Å². The molecule has 0 aromatic heterocycles. The van der Waals surface area contributed by atoms with E-state index >= 15 is 0 Å². The first-order valence-electron chi connectivity index (χ1n) is 8.57. The highest BCUT2D eigenvalue weighted by Crippen LogP contribution is 2.19. The molecule has 0 heterocycles. The van der Waals surface area contributed by atoms with Crippen molar-refractivity contribution in [1.82, 2.24) is 4.90 Å². The van der Waals surface area contributed by atoms with Gasteiger partial charge in [-0.15, -0.1) is 0 Å². The number of sulfonamides is 1. The number of anilines is 1. The lowest BCUT2D eigenvalue weighted by molar-refractivity contribution is -0.131. The molecule has 0 aliphatic rings. The second kappa shape index (κ2) is 9.56. The van der Waals surface area contributed by atoms with E-state index in [0.29, 0.717) is 24.3 Å². The SMILES string of the molecule is CCCN(CCC)C(=O)CCN(c1ccc(C(C)=O)cc1)S(C)(=O)=O. The molecule has 0 bridgehead atoms. The van der Waals surface area contributed by atoms with Crippen LogP contribution in [0.25, 0.3) is 0 Å². The molecule has 140 valence electrons. The van der Waals surface area contributed by atoms with Crippen molar-refractivity contribution >= 4 is 27.4 Å². The van der Waals surface area contributed by atoms with Gasteiger partial charge in [0.25, 0.3) is 0 Å². The number of nitrogens with zero attached hydrogens (tertiary/aromatic N) is 2. The molecule has 1 rings (SSSR count). The van der Waals surface area contributed by atoms with E-state index in [1.54, 1.807) is 29.2 Å². The van der Waals surface area contributed by atoms with Gasteiger partial charge in [0.05, 0.1) is 11.9 Å². The molecule has 0 spiro atoms. The van der Waals surface area contributed by atoms with E-state index in [4.69, 9.17) is 0 Å². The van der Waals surface area contributed by atoms with Gasteiger partial charge in [-0.2, -0.15) is 0 Å². The Bertz CT molecular complexity index is 678. The van der Waals surface area contributed by atoms with Gasteiger partial charge in [-0.25, -0.2) is 8.42 Å². The standard InChI is InChI=1S/C18H28N2O4S/c1-5-12-19(13-6-2)18(22)11-14-20(25(4,23)24)17-9-7-16(8-10-17)15(3)21/h7-10H,5-6,11-14H2,1-4H3. The molecule has 0 aliphatic carbocycles. The van der Waals surface area contributed by atoms with Crippen molar-refractivity contribution in [3.8, 4) is 0 Å². The smallest absolute Gasteiger partial charge is 0.232 e. The zero-order valence-corrected chi connectivity index (χ0v) is 16.3. The molecule has 0 radical (unpaired) electrons. The third-order valence-electron chi connectivity index (χ3n) is 3.83. The summed E-state index contributed by atoms with van der Waals surface area (Å²) in [6.07, 6.45) is 2.98. The van der Waals surface area contributed by atoms with Crippen LogP contribution in [-0.2, 0) is 14.8 Å². The number of hydrogen-bond acceptors (Lipinski definition) is 4. The quantitative estimate of drug-likeness (QED) is 0.595. The van der Waals surface area contributed by atoms with Gasteiger partial charge in [0.2, 0.25) is 15.9 Å². The van der Waals surface area contributed by atoms with E-state index in [1.165, 1.54) is 11.2 Å². The number of carbonyl (C=O) groups is 2. The summed E-state index contributed by atoms with van der Waals surface area (Å²) in [6.45, 7) is 6.92. The van der Waals surface area contributed by atoms with E-state index in [-0.39, 0.29) is 24.7 Å². The van der Waals surface area contributed by atoms with Crippen molar-refractivity contribution in [1.29, 1.82) is 0 Å². The third kappa shape index (κ3) is 6.49. The first-order chi connectivity index (χ1) is 11.7. The average Bonchev–Trinajstić information content (AvgIpc) is 2.53. The molecule has 0 saturated carbocycles. The summed E-state index contributed by atoms with van der Waals surface area (Å²) in [6, 6.07) is 6.38. The first kappa shape index (κ1) is 21.2. The lowest BCUT2D eigenvalue weighted by atomic mass is 10.1. The van der Waals surface area contributed by atoms with Crippen molar-refractivity contribution in [3.63, 3.8) is 0 Å². The number of Topliss-reactive ketones (excluding diaryl/α,β-unsaturated/α-hetero) is 1. The molecule has 0 unspecified atom stereocenters.